The van der Waals surface area contributed by atoms with Gasteiger partial charge in [0.25, 0.3) is 0 Å². The number of unbranched alkanes of at least 4 members (excludes halogenated alkanes) is 16. The topological polar surface area (TPSA) is 46.5 Å². The molecule has 3 aromatic rings. The standard InChI is InChI=1S/C41H60O3S/c1-3-5-7-9-11-13-15-17-20-24-36-28-32-39(33-29-36)45(44-41(42)43,38-26-22-19-23-27-38)40-34-30-37(31-35-40)25-21-18-16-14-12-10-8-6-4-2/h19,22-23,26-35H,3-18,20-21,24-25H2,1-2H3,(H,42,43). The fourth-order valence-electron chi connectivity index (χ4n) is 6.25. The summed E-state index contributed by atoms with van der Waals surface area (Å²) in [6.07, 6.45) is 24.7. The van der Waals surface area contributed by atoms with Gasteiger partial charge in [-0.3, -0.25) is 0 Å². The summed E-state index contributed by atoms with van der Waals surface area (Å²) >= 11 is 0. The molecule has 4 heteroatoms. The van der Waals surface area contributed by atoms with E-state index in [9.17, 15) is 9.90 Å². The van der Waals surface area contributed by atoms with Crippen LogP contribution in [0.1, 0.15) is 141 Å². The molecule has 45 heavy (non-hydrogen) atoms. The molecular weight excluding hydrogens is 573 g/mol. The third-order valence-electron chi connectivity index (χ3n) is 8.92. The first-order chi connectivity index (χ1) is 22.1. The van der Waals surface area contributed by atoms with Crippen LogP contribution in [0.25, 0.3) is 0 Å². The van der Waals surface area contributed by atoms with Crippen molar-refractivity contribution in [2.45, 2.75) is 157 Å². The number of benzene rings is 3. The molecule has 1 N–H and O–H groups in total. The molecule has 0 saturated heterocycles. The SMILES string of the molecule is CCCCCCCCCCCc1ccc(S(OC(=O)O)(c2ccccc2)c2ccc(CCCCCCCCCCC)cc2)cc1. The summed E-state index contributed by atoms with van der Waals surface area (Å²) in [7, 11) is -2.45. The van der Waals surface area contributed by atoms with Crippen molar-refractivity contribution in [3.05, 3.63) is 90.0 Å². The number of hydrogen-bond donors (Lipinski definition) is 1. The van der Waals surface area contributed by atoms with Crippen LogP contribution in [0.4, 0.5) is 4.79 Å². The normalized spacial score (nSPS) is 11.9. The van der Waals surface area contributed by atoms with Gasteiger partial charge in [-0.15, -0.1) is 0 Å². The van der Waals surface area contributed by atoms with Gasteiger partial charge in [0.2, 0.25) is 0 Å². The van der Waals surface area contributed by atoms with E-state index in [0.29, 0.717) is 0 Å². The summed E-state index contributed by atoms with van der Waals surface area (Å²) in [5.74, 6) is 0. The van der Waals surface area contributed by atoms with Gasteiger partial charge in [-0.05, 0) is 83.5 Å². The molecular formula is C41H60O3S. The zero-order valence-corrected chi connectivity index (χ0v) is 29.1. The summed E-state index contributed by atoms with van der Waals surface area (Å²) < 4.78 is 6.00. The maximum atomic E-state index is 12.3. The van der Waals surface area contributed by atoms with Crippen LogP contribution in [0.5, 0.6) is 0 Å². The van der Waals surface area contributed by atoms with Crippen LogP contribution in [0.3, 0.4) is 0 Å². The average molecular weight is 633 g/mol. The molecule has 3 aromatic carbocycles. The number of carbonyl (C=O) groups is 1. The largest absolute Gasteiger partial charge is 0.517 e. The molecule has 0 radical (unpaired) electrons. The van der Waals surface area contributed by atoms with Crippen LogP contribution in [0.15, 0.2) is 93.5 Å². The highest BCUT2D eigenvalue weighted by molar-refractivity contribution is 8.30. The summed E-state index contributed by atoms with van der Waals surface area (Å²) in [5, 5.41) is 10.0. The monoisotopic (exact) mass is 632 g/mol. The summed E-state index contributed by atoms with van der Waals surface area (Å²) in [6, 6.07) is 27.0. The highest BCUT2D eigenvalue weighted by atomic mass is 32.3. The third kappa shape index (κ3) is 12.9. The highest BCUT2D eigenvalue weighted by Crippen LogP contribution is 2.69. The molecule has 0 unspecified atom stereocenters. The Kier molecular flexibility index (Phi) is 17.9. The van der Waals surface area contributed by atoms with Gasteiger partial charge < -0.3 is 9.29 Å². The molecule has 0 aliphatic heterocycles. The second-order valence-electron chi connectivity index (χ2n) is 12.7. The fraction of sp³-hybridized carbons (Fsp3) is 0.537. The second-order valence-corrected chi connectivity index (χ2v) is 15.4. The Bertz CT molecular complexity index is 1110. The first-order valence-electron chi connectivity index (χ1n) is 18.1. The Morgan fingerprint density at radius 3 is 1.18 bits per heavy atom. The predicted molar refractivity (Wildman–Crippen MR) is 193 cm³/mol. The Labute approximate surface area is 276 Å². The zero-order valence-electron chi connectivity index (χ0n) is 28.3. The van der Waals surface area contributed by atoms with Gasteiger partial charge in [0.05, 0.1) is 0 Å². The van der Waals surface area contributed by atoms with Gasteiger partial charge in [-0.1, -0.05) is 159 Å². The molecule has 3 rings (SSSR count). The number of hydrogen-bond acceptors (Lipinski definition) is 2. The van der Waals surface area contributed by atoms with Gasteiger partial charge in [-0.2, -0.15) is 0 Å². The summed E-state index contributed by atoms with van der Waals surface area (Å²) in [5.41, 5.74) is 2.60. The van der Waals surface area contributed by atoms with Crippen LogP contribution in [0, 0.1) is 0 Å². The smallest absolute Gasteiger partial charge is 0.449 e. The van der Waals surface area contributed by atoms with Crippen molar-refractivity contribution < 1.29 is 14.1 Å². The minimum atomic E-state index is -2.45. The van der Waals surface area contributed by atoms with Crippen molar-refractivity contribution in [2.75, 3.05) is 0 Å². The number of rotatable bonds is 24. The van der Waals surface area contributed by atoms with Crippen molar-refractivity contribution in [3.8, 4) is 0 Å². The van der Waals surface area contributed by atoms with E-state index >= 15 is 0 Å². The van der Waals surface area contributed by atoms with Crippen LogP contribution in [-0.4, -0.2) is 11.3 Å². The molecule has 0 atom stereocenters. The maximum Gasteiger partial charge on any atom is 0.517 e. The lowest BCUT2D eigenvalue weighted by Crippen LogP contribution is -2.12. The van der Waals surface area contributed by atoms with Crippen molar-refractivity contribution in [1.29, 1.82) is 0 Å². The Morgan fingerprint density at radius 1 is 0.489 bits per heavy atom. The van der Waals surface area contributed by atoms with E-state index in [2.05, 4.69) is 62.4 Å². The van der Waals surface area contributed by atoms with Gasteiger partial charge in [-0.25, -0.2) is 4.79 Å². The number of aryl methyl sites for hydroxylation is 2. The molecule has 0 amide bonds. The first-order valence-corrected chi connectivity index (χ1v) is 19.6. The van der Waals surface area contributed by atoms with E-state index in [0.717, 1.165) is 27.5 Å². The lowest BCUT2D eigenvalue weighted by Gasteiger charge is -2.38. The average Bonchev–Trinajstić information content (AvgIpc) is 3.06. The lowest BCUT2D eigenvalue weighted by molar-refractivity contribution is 0.150. The molecule has 0 aromatic heterocycles. The molecule has 0 saturated carbocycles. The van der Waals surface area contributed by atoms with E-state index in [1.165, 1.54) is 127 Å². The summed E-state index contributed by atoms with van der Waals surface area (Å²) in [6.45, 7) is 4.54. The second kappa shape index (κ2) is 21.9. The number of carboxylic acid groups (broad SMARTS) is 1. The molecule has 0 spiro atoms. The first kappa shape index (κ1) is 36.7. The van der Waals surface area contributed by atoms with E-state index < -0.39 is 16.5 Å². The molecule has 0 aliphatic carbocycles. The molecule has 0 bridgehead atoms. The van der Waals surface area contributed by atoms with Crippen molar-refractivity contribution in [2.24, 2.45) is 0 Å². The lowest BCUT2D eigenvalue weighted by atomic mass is 10.0. The summed E-state index contributed by atoms with van der Waals surface area (Å²) in [4.78, 5) is 15.0. The Hall–Kier alpha value is -2.72. The van der Waals surface area contributed by atoms with Crippen LogP contribution in [-0.2, 0) is 17.0 Å². The van der Waals surface area contributed by atoms with E-state index in [1.807, 2.05) is 30.3 Å². The minimum Gasteiger partial charge on any atom is -0.449 e. The molecule has 0 aliphatic rings. The van der Waals surface area contributed by atoms with Crippen molar-refractivity contribution in [1.82, 2.24) is 0 Å². The predicted octanol–water partition coefficient (Wildman–Crippen LogP) is 13.7. The molecule has 0 fully saturated rings. The fourth-order valence-corrected chi connectivity index (χ4v) is 9.14. The van der Waals surface area contributed by atoms with Gasteiger partial charge >= 0.3 is 6.16 Å². The maximum absolute atomic E-state index is 12.3. The third-order valence-corrected chi connectivity index (χ3v) is 12.1. The van der Waals surface area contributed by atoms with Gasteiger partial charge in [0.1, 0.15) is 0 Å². The molecule has 3 nitrogen and oxygen atoms in total. The van der Waals surface area contributed by atoms with Crippen LogP contribution in [0.2, 0.25) is 0 Å². The zero-order chi connectivity index (χ0) is 32.0. The van der Waals surface area contributed by atoms with E-state index in [1.54, 1.807) is 0 Å². The Balaban J connectivity index is 1.65. The van der Waals surface area contributed by atoms with E-state index in [-0.39, 0.29) is 0 Å². The van der Waals surface area contributed by atoms with Gasteiger partial charge in [0, 0.05) is 14.7 Å². The van der Waals surface area contributed by atoms with Crippen molar-refractivity contribution >= 4 is 16.5 Å². The van der Waals surface area contributed by atoms with Crippen LogP contribution >= 0.6 is 10.3 Å². The molecule has 248 valence electrons. The van der Waals surface area contributed by atoms with Crippen LogP contribution < -0.4 is 0 Å². The quantitative estimate of drug-likeness (QED) is 0.0999. The molecule has 0 heterocycles. The van der Waals surface area contributed by atoms with Crippen molar-refractivity contribution in [3.63, 3.8) is 0 Å². The van der Waals surface area contributed by atoms with E-state index in [4.69, 9.17) is 4.18 Å². The van der Waals surface area contributed by atoms with Gasteiger partial charge in [0.15, 0.2) is 0 Å². The minimum absolute atomic E-state index is 0.894. The Morgan fingerprint density at radius 2 is 0.822 bits per heavy atom. The highest BCUT2D eigenvalue weighted by Gasteiger charge is 2.35.